The van der Waals surface area contributed by atoms with Crippen LogP contribution in [0.1, 0.15) is 33.0 Å². The summed E-state index contributed by atoms with van der Waals surface area (Å²) in [5, 5.41) is 4.11. The SMILES string of the molecule is CC(C)N(Cc1nc2ccccc2c(=O)[nH]1)CC1(C)CCNC1. The molecule has 1 aromatic carbocycles. The molecule has 0 spiro atoms. The Morgan fingerprint density at radius 3 is 2.83 bits per heavy atom. The lowest BCUT2D eigenvalue weighted by molar-refractivity contribution is 0.134. The number of fused-ring (bicyclic) bond motifs is 1. The van der Waals surface area contributed by atoms with Gasteiger partial charge in [0.25, 0.3) is 5.56 Å². The normalized spacial score (nSPS) is 21.6. The van der Waals surface area contributed by atoms with E-state index in [1.807, 2.05) is 24.3 Å². The van der Waals surface area contributed by atoms with Crippen LogP contribution in [0.5, 0.6) is 0 Å². The predicted octanol–water partition coefficient (Wildman–Crippen LogP) is 2.13. The molecule has 124 valence electrons. The Kier molecular flexibility index (Phi) is 4.50. The summed E-state index contributed by atoms with van der Waals surface area (Å²) in [5.74, 6) is 0.747. The van der Waals surface area contributed by atoms with Crippen molar-refractivity contribution in [1.82, 2.24) is 20.2 Å². The van der Waals surface area contributed by atoms with Crippen LogP contribution in [0.25, 0.3) is 10.9 Å². The smallest absolute Gasteiger partial charge is 0.258 e. The van der Waals surface area contributed by atoms with Crippen molar-refractivity contribution in [2.24, 2.45) is 5.41 Å². The number of benzene rings is 1. The first kappa shape index (κ1) is 16.1. The number of rotatable bonds is 5. The standard InChI is InChI=1S/C18H26N4O/c1-13(2)22(12-18(3)8-9-19-11-18)10-16-20-15-7-5-4-6-14(15)17(23)21-16/h4-7,13,19H,8-12H2,1-3H3,(H,20,21,23). The third kappa shape index (κ3) is 3.62. The summed E-state index contributed by atoms with van der Waals surface area (Å²) < 4.78 is 0. The summed E-state index contributed by atoms with van der Waals surface area (Å²) in [6, 6.07) is 7.91. The fraction of sp³-hybridized carbons (Fsp3) is 0.556. The predicted molar refractivity (Wildman–Crippen MR) is 93.5 cm³/mol. The molecule has 2 aromatic rings. The maximum atomic E-state index is 12.2. The van der Waals surface area contributed by atoms with Crippen LogP contribution in [-0.2, 0) is 6.54 Å². The van der Waals surface area contributed by atoms with Gasteiger partial charge in [0, 0.05) is 19.1 Å². The van der Waals surface area contributed by atoms with Gasteiger partial charge in [-0.05, 0) is 44.4 Å². The van der Waals surface area contributed by atoms with Crippen molar-refractivity contribution < 1.29 is 0 Å². The second-order valence-electron chi connectivity index (χ2n) is 7.27. The van der Waals surface area contributed by atoms with Crippen LogP contribution < -0.4 is 10.9 Å². The quantitative estimate of drug-likeness (QED) is 0.887. The number of H-pyrrole nitrogens is 1. The number of nitrogens with zero attached hydrogens (tertiary/aromatic N) is 2. The van der Waals surface area contributed by atoms with Gasteiger partial charge in [0.15, 0.2) is 0 Å². The zero-order valence-electron chi connectivity index (χ0n) is 14.2. The summed E-state index contributed by atoms with van der Waals surface area (Å²) in [6.45, 7) is 10.6. The first-order valence-corrected chi connectivity index (χ1v) is 8.40. The molecule has 1 saturated heterocycles. The second-order valence-corrected chi connectivity index (χ2v) is 7.27. The molecule has 5 nitrogen and oxygen atoms in total. The monoisotopic (exact) mass is 314 g/mol. The van der Waals surface area contributed by atoms with Gasteiger partial charge in [-0.3, -0.25) is 9.69 Å². The van der Waals surface area contributed by atoms with E-state index in [0.717, 1.165) is 31.0 Å². The van der Waals surface area contributed by atoms with E-state index in [1.165, 1.54) is 6.42 Å². The fourth-order valence-corrected chi connectivity index (χ4v) is 3.32. The van der Waals surface area contributed by atoms with Gasteiger partial charge in [0.1, 0.15) is 5.82 Å². The first-order chi connectivity index (χ1) is 11.0. The maximum absolute atomic E-state index is 12.2. The molecule has 1 aliphatic rings. The molecule has 5 heteroatoms. The molecule has 1 atom stereocenters. The van der Waals surface area contributed by atoms with Gasteiger partial charge >= 0.3 is 0 Å². The minimum Gasteiger partial charge on any atom is -0.316 e. The Labute approximate surface area is 137 Å². The van der Waals surface area contributed by atoms with E-state index < -0.39 is 0 Å². The number of hydrogen-bond donors (Lipinski definition) is 2. The highest BCUT2D eigenvalue weighted by Crippen LogP contribution is 2.27. The van der Waals surface area contributed by atoms with Crippen molar-refractivity contribution in [2.75, 3.05) is 19.6 Å². The Hall–Kier alpha value is -1.72. The van der Waals surface area contributed by atoms with Crippen LogP contribution in [0.4, 0.5) is 0 Å². The molecule has 0 amide bonds. The van der Waals surface area contributed by atoms with Crippen molar-refractivity contribution >= 4 is 10.9 Å². The molecule has 0 aliphatic carbocycles. The summed E-state index contributed by atoms with van der Waals surface area (Å²) >= 11 is 0. The Balaban J connectivity index is 1.84. The largest absolute Gasteiger partial charge is 0.316 e. The zero-order valence-corrected chi connectivity index (χ0v) is 14.2. The van der Waals surface area contributed by atoms with Crippen LogP contribution in [0, 0.1) is 5.41 Å². The molecule has 1 aliphatic heterocycles. The molecule has 1 fully saturated rings. The molecule has 0 saturated carbocycles. The van der Waals surface area contributed by atoms with Crippen LogP contribution in [0.3, 0.4) is 0 Å². The number of para-hydroxylation sites is 1. The number of aromatic amines is 1. The lowest BCUT2D eigenvalue weighted by Gasteiger charge is -2.34. The lowest BCUT2D eigenvalue weighted by atomic mass is 9.89. The van der Waals surface area contributed by atoms with Crippen molar-refractivity contribution in [3.05, 3.63) is 40.4 Å². The first-order valence-electron chi connectivity index (χ1n) is 8.40. The number of aromatic nitrogens is 2. The van der Waals surface area contributed by atoms with Gasteiger partial charge in [-0.25, -0.2) is 4.98 Å². The molecule has 2 heterocycles. The summed E-state index contributed by atoms with van der Waals surface area (Å²) in [5.41, 5.74) is 1.01. The highest BCUT2D eigenvalue weighted by atomic mass is 16.1. The van der Waals surface area contributed by atoms with Crippen LogP contribution >= 0.6 is 0 Å². The van der Waals surface area contributed by atoms with Crippen molar-refractivity contribution in [2.45, 2.75) is 39.8 Å². The van der Waals surface area contributed by atoms with E-state index in [1.54, 1.807) is 0 Å². The van der Waals surface area contributed by atoms with Crippen LogP contribution in [-0.4, -0.2) is 40.5 Å². The van der Waals surface area contributed by atoms with E-state index >= 15 is 0 Å². The molecular weight excluding hydrogens is 288 g/mol. The van der Waals surface area contributed by atoms with Crippen LogP contribution in [0.15, 0.2) is 29.1 Å². The fourth-order valence-electron chi connectivity index (χ4n) is 3.32. The van der Waals surface area contributed by atoms with Crippen molar-refractivity contribution in [1.29, 1.82) is 0 Å². The molecule has 23 heavy (non-hydrogen) atoms. The molecule has 3 rings (SSSR count). The summed E-state index contributed by atoms with van der Waals surface area (Å²) in [7, 11) is 0. The third-order valence-corrected chi connectivity index (χ3v) is 4.79. The van der Waals surface area contributed by atoms with Gasteiger partial charge in [-0.15, -0.1) is 0 Å². The minimum absolute atomic E-state index is 0.0527. The van der Waals surface area contributed by atoms with E-state index in [4.69, 9.17) is 0 Å². The number of nitrogens with one attached hydrogen (secondary N) is 2. The van der Waals surface area contributed by atoms with Gasteiger partial charge in [-0.2, -0.15) is 0 Å². The average Bonchev–Trinajstić information content (AvgIpc) is 2.93. The van der Waals surface area contributed by atoms with E-state index in [0.29, 0.717) is 23.4 Å². The van der Waals surface area contributed by atoms with Gasteiger partial charge < -0.3 is 10.3 Å². The Morgan fingerprint density at radius 2 is 2.13 bits per heavy atom. The van der Waals surface area contributed by atoms with Gasteiger partial charge in [0.2, 0.25) is 0 Å². The summed E-state index contributed by atoms with van der Waals surface area (Å²) in [4.78, 5) is 22.2. The van der Waals surface area contributed by atoms with Gasteiger partial charge in [-0.1, -0.05) is 19.1 Å². The molecular formula is C18H26N4O. The average molecular weight is 314 g/mol. The van der Waals surface area contributed by atoms with E-state index in [2.05, 4.69) is 41.0 Å². The third-order valence-electron chi connectivity index (χ3n) is 4.79. The topological polar surface area (TPSA) is 61.0 Å². The Bertz CT molecular complexity index is 731. The molecule has 1 unspecified atom stereocenters. The highest BCUT2D eigenvalue weighted by molar-refractivity contribution is 5.77. The molecule has 0 radical (unpaired) electrons. The maximum Gasteiger partial charge on any atom is 0.258 e. The Morgan fingerprint density at radius 1 is 1.35 bits per heavy atom. The van der Waals surface area contributed by atoms with Crippen molar-refractivity contribution in [3.8, 4) is 0 Å². The van der Waals surface area contributed by atoms with Crippen LogP contribution in [0.2, 0.25) is 0 Å². The minimum atomic E-state index is -0.0527. The lowest BCUT2D eigenvalue weighted by Crippen LogP contribution is -2.41. The highest BCUT2D eigenvalue weighted by Gasteiger charge is 2.31. The summed E-state index contributed by atoms with van der Waals surface area (Å²) in [6.07, 6.45) is 1.19. The van der Waals surface area contributed by atoms with Crippen molar-refractivity contribution in [3.63, 3.8) is 0 Å². The van der Waals surface area contributed by atoms with E-state index in [-0.39, 0.29) is 5.56 Å². The molecule has 1 aromatic heterocycles. The molecule has 0 bridgehead atoms. The van der Waals surface area contributed by atoms with Gasteiger partial charge in [0.05, 0.1) is 17.4 Å². The molecule has 2 N–H and O–H groups in total. The van der Waals surface area contributed by atoms with E-state index in [9.17, 15) is 4.79 Å². The number of hydrogen-bond acceptors (Lipinski definition) is 4. The zero-order chi connectivity index (χ0) is 16.4. The second kappa shape index (κ2) is 6.42.